The monoisotopic (exact) mass is 141 g/mol. The smallest absolute Gasteiger partial charge is 0.00141 e. The van der Waals surface area contributed by atoms with Crippen LogP contribution in [0.3, 0.4) is 0 Å². The van der Waals surface area contributed by atoms with Crippen molar-refractivity contribution in [3.63, 3.8) is 0 Å². The fourth-order valence-corrected chi connectivity index (χ4v) is 0.741. The van der Waals surface area contributed by atoms with E-state index in [9.17, 15) is 0 Å². The van der Waals surface area contributed by atoms with Crippen LogP contribution in [0.15, 0.2) is 0 Å². The topological polar surface area (TPSA) is 23.9 Å². The second-order valence-electron chi connectivity index (χ2n) is 3.93. The van der Waals surface area contributed by atoms with Gasteiger partial charge in [-0.2, -0.15) is 0 Å². The van der Waals surface area contributed by atoms with Gasteiger partial charge in [0.15, 0.2) is 0 Å². The van der Waals surface area contributed by atoms with E-state index < -0.39 is 0 Å². The lowest BCUT2D eigenvalue weighted by Gasteiger charge is -2.33. The lowest BCUT2D eigenvalue weighted by atomic mass is 9.72. The van der Waals surface area contributed by atoms with Crippen LogP contribution in [0, 0.1) is 22.7 Å². The van der Waals surface area contributed by atoms with Crippen molar-refractivity contribution in [3.8, 4) is 0 Å². The Hall–Kier alpha value is -0.330. The van der Waals surface area contributed by atoms with Crippen LogP contribution < -0.4 is 0 Å². The van der Waals surface area contributed by atoms with E-state index in [4.69, 9.17) is 5.41 Å². The van der Waals surface area contributed by atoms with E-state index in [0.29, 0.717) is 11.8 Å². The normalized spacial score (nSPS) is 15.4. The standard InChI is InChI=1S/C9H19N/c1-7(2)9(4,5)8(3)6-10/h6-8,10H,1-5H3. The Kier molecular flexibility index (Phi) is 3.07. The number of rotatable bonds is 3. The van der Waals surface area contributed by atoms with Crippen molar-refractivity contribution in [2.75, 3.05) is 0 Å². The summed E-state index contributed by atoms with van der Waals surface area (Å²) in [6, 6.07) is 0. The third kappa shape index (κ3) is 1.83. The molecular formula is C9H19N. The highest BCUT2D eigenvalue weighted by atomic mass is 14.4. The summed E-state index contributed by atoms with van der Waals surface area (Å²) in [4.78, 5) is 0. The third-order valence-corrected chi connectivity index (χ3v) is 2.91. The van der Waals surface area contributed by atoms with E-state index in [2.05, 4.69) is 34.6 Å². The maximum Gasteiger partial charge on any atom is -0.00141 e. The fourth-order valence-electron chi connectivity index (χ4n) is 0.741. The molecule has 0 aromatic rings. The Morgan fingerprint density at radius 1 is 1.20 bits per heavy atom. The van der Waals surface area contributed by atoms with Crippen LogP contribution >= 0.6 is 0 Å². The second kappa shape index (κ2) is 3.18. The molecule has 0 aromatic carbocycles. The van der Waals surface area contributed by atoms with Gasteiger partial charge in [-0.25, -0.2) is 0 Å². The molecule has 0 saturated carbocycles. The maximum absolute atomic E-state index is 7.13. The van der Waals surface area contributed by atoms with Crippen molar-refractivity contribution < 1.29 is 0 Å². The lowest BCUT2D eigenvalue weighted by molar-refractivity contribution is 0.200. The molecule has 0 amide bonds. The summed E-state index contributed by atoms with van der Waals surface area (Å²) in [6.07, 6.45) is 1.54. The summed E-state index contributed by atoms with van der Waals surface area (Å²) in [5, 5.41) is 7.13. The molecule has 1 atom stereocenters. The average molecular weight is 141 g/mol. The molecule has 10 heavy (non-hydrogen) atoms. The molecular weight excluding hydrogens is 122 g/mol. The molecule has 0 radical (unpaired) electrons. The quantitative estimate of drug-likeness (QED) is 0.584. The minimum Gasteiger partial charge on any atom is -0.313 e. The third-order valence-electron chi connectivity index (χ3n) is 2.91. The van der Waals surface area contributed by atoms with Crippen molar-refractivity contribution in [3.05, 3.63) is 0 Å². The van der Waals surface area contributed by atoms with Gasteiger partial charge in [0.1, 0.15) is 0 Å². The SMILES string of the molecule is CC(C)C(C)(C)C(C)C=N. The van der Waals surface area contributed by atoms with Crippen molar-refractivity contribution >= 4 is 6.21 Å². The highest BCUT2D eigenvalue weighted by molar-refractivity contribution is 5.57. The van der Waals surface area contributed by atoms with Crippen LogP contribution in [-0.4, -0.2) is 6.21 Å². The highest BCUT2D eigenvalue weighted by Crippen LogP contribution is 2.33. The van der Waals surface area contributed by atoms with E-state index in [-0.39, 0.29) is 5.41 Å². The molecule has 0 bridgehead atoms. The molecule has 0 aliphatic rings. The van der Waals surface area contributed by atoms with Crippen LogP contribution in [0.1, 0.15) is 34.6 Å². The van der Waals surface area contributed by atoms with Crippen LogP contribution in [0.25, 0.3) is 0 Å². The summed E-state index contributed by atoms with van der Waals surface area (Å²) in [5.74, 6) is 1.02. The van der Waals surface area contributed by atoms with Gasteiger partial charge in [-0.05, 0) is 23.5 Å². The molecule has 0 fully saturated rings. The zero-order chi connectivity index (χ0) is 8.36. The lowest BCUT2D eigenvalue weighted by Crippen LogP contribution is -2.28. The average Bonchev–Trinajstić information content (AvgIpc) is 1.86. The van der Waals surface area contributed by atoms with Gasteiger partial charge in [-0.3, -0.25) is 0 Å². The minimum absolute atomic E-state index is 0.266. The van der Waals surface area contributed by atoms with E-state index in [1.54, 1.807) is 6.21 Å². The Bertz CT molecular complexity index is 114. The molecule has 0 aliphatic carbocycles. The van der Waals surface area contributed by atoms with Crippen molar-refractivity contribution in [2.45, 2.75) is 34.6 Å². The second-order valence-corrected chi connectivity index (χ2v) is 3.93. The van der Waals surface area contributed by atoms with Gasteiger partial charge in [-0.1, -0.05) is 34.6 Å². The Labute approximate surface area is 64.3 Å². The first-order chi connectivity index (χ1) is 4.42. The highest BCUT2D eigenvalue weighted by Gasteiger charge is 2.27. The zero-order valence-corrected chi connectivity index (χ0v) is 7.73. The van der Waals surface area contributed by atoms with Gasteiger partial charge in [0.2, 0.25) is 0 Å². The minimum atomic E-state index is 0.266. The van der Waals surface area contributed by atoms with E-state index in [0.717, 1.165) is 0 Å². The summed E-state index contributed by atoms with van der Waals surface area (Å²) >= 11 is 0. The van der Waals surface area contributed by atoms with E-state index in [1.807, 2.05) is 0 Å². The zero-order valence-electron chi connectivity index (χ0n) is 7.73. The van der Waals surface area contributed by atoms with E-state index >= 15 is 0 Å². The summed E-state index contributed by atoms with van der Waals surface area (Å²) in [6.45, 7) is 11.0. The van der Waals surface area contributed by atoms with Crippen LogP contribution in [0.4, 0.5) is 0 Å². The summed E-state index contributed by atoms with van der Waals surface area (Å²) in [7, 11) is 0. The van der Waals surface area contributed by atoms with Gasteiger partial charge >= 0.3 is 0 Å². The fraction of sp³-hybridized carbons (Fsp3) is 0.889. The van der Waals surface area contributed by atoms with Crippen molar-refractivity contribution in [2.24, 2.45) is 17.3 Å². The molecule has 0 aromatic heterocycles. The number of hydrogen-bond acceptors (Lipinski definition) is 1. The predicted octanol–water partition coefficient (Wildman–Crippen LogP) is 2.95. The summed E-state index contributed by atoms with van der Waals surface area (Å²) in [5.41, 5.74) is 0.266. The molecule has 1 nitrogen and oxygen atoms in total. The molecule has 1 unspecified atom stereocenters. The first-order valence-electron chi connectivity index (χ1n) is 3.93. The van der Waals surface area contributed by atoms with Gasteiger partial charge in [-0.15, -0.1) is 0 Å². The molecule has 0 heterocycles. The van der Waals surface area contributed by atoms with Gasteiger partial charge in [0.25, 0.3) is 0 Å². The van der Waals surface area contributed by atoms with Gasteiger partial charge < -0.3 is 5.41 Å². The molecule has 0 aliphatic heterocycles. The molecule has 0 saturated heterocycles. The summed E-state index contributed by atoms with van der Waals surface area (Å²) < 4.78 is 0. The predicted molar refractivity (Wildman–Crippen MR) is 46.6 cm³/mol. The van der Waals surface area contributed by atoms with Crippen LogP contribution in [0.2, 0.25) is 0 Å². The Morgan fingerprint density at radius 3 is 1.70 bits per heavy atom. The van der Waals surface area contributed by atoms with Crippen LogP contribution in [-0.2, 0) is 0 Å². The van der Waals surface area contributed by atoms with Crippen LogP contribution in [0.5, 0.6) is 0 Å². The van der Waals surface area contributed by atoms with Gasteiger partial charge in [0, 0.05) is 0 Å². The number of hydrogen-bond donors (Lipinski definition) is 1. The number of nitrogens with one attached hydrogen (secondary N) is 1. The van der Waals surface area contributed by atoms with E-state index in [1.165, 1.54) is 0 Å². The maximum atomic E-state index is 7.13. The Morgan fingerprint density at radius 2 is 1.60 bits per heavy atom. The Balaban J connectivity index is 4.22. The first kappa shape index (κ1) is 9.67. The first-order valence-corrected chi connectivity index (χ1v) is 3.93. The van der Waals surface area contributed by atoms with Crippen molar-refractivity contribution in [1.82, 2.24) is 0 Å². The molecule has 60 valence electrons. The molecule has 0 spiro atoms. The largest absolute Gasteiger partial charge is 0.313 e. The molecule has 1 heteroatoms. The van der Waals surface area contributed by atoms with Gasteiger partial charge in [0.05, 0.1) is 0 Å². The molecule has 1 N–H and O–H groups in total. The van der Waals surface area contributed by atoms with Crippen molar-refractivity contribution in [1.29, 1.82) is 5.41 Å². The molecule has 0 rings (SSSR count).